The summed E-state index contributed by atoms with van der Waals surface area (Å²) in [6, 6.07) is 13.6. The van der Waals surface area contributed by atoms with E-state index in [2.05, 4.69) is 83.2 Å². The fourth-order valence-electron chi connectivity index (χ4n) is 8.41. The number of hydrogen-bond donors (Lipinski definition) is 0. The molecule has 2 rings (SSSR count). The largest absolute Gasteiger partial charge is 0.255 e. The highest BCUT2D eigenvalue weighted by molar-refractivity contribution is 6.36. The van der Waals surface area contributed by atoms with Gasteiger partial charge in [-0.15, -0.1) is 0 Å². The SMILES string of the molecule is CCCCCCCCCCCCCCCCCCCCCCCCCCCC=CC(C=Nc1ccc(CCC)c(CCC)c1)=Nc1ccc(CCC)c(CCC)c1. The van der Waals surface area contributed by atoms with Crippen LogP contribution in [0.5, 0.6) is 0 Å². The van der Waals surface area contributed by atoms with Gasteiger partial charge >= 0.3 is 0 Å². The van der Waals surface area contributed by atoms with Crippen LogP contribution in [-0.2, 0) is 25.7 Å². The molecule has 2 aromatic rings. The van der Waals surface area contributed by atoms with Crippen LogP contribution >= 0.6 is 0 Å². The van der Waals surface area contributed by atoms with Gasteiger partial charge in [-0.3, -0.25) is 4.99 Å². The van der Waals surface area contributed by atoms with Crippen molar-refractivity contribution in [3.05, 3.63) is 70.8 Å². The van der Waals surface area contributed by atoms with Crippen LogP contribution < -0.4 is 0 Å². The van der Waals surface area contributed by atoms with E-state index in [4.69, 9.17) is 9.98 Å². The van der Waals surface area contributed by atoms with Crippen molar-refractivity contribution >= 4 is 23.3 Å². The van der Waals surface area contributed by atoms with Gasteiger partial charge in [0.25, 0.3) is 0 Å². The monoisotopic (exact) mass is 781 g/mol. The van der Waals surface area contributed by atoms with Gasteiger partial charge in [0.2, 0.25) is 0 Å². The van der Waals surface area contributed by atoms with Gasteiger partial charge in [0.1, 0.15) is 0 Å². The first-order valence-corrected chi connectivity index (χ1v) is 25.2. The van der Waals surface area contributed by atoms with E-state index in [1.54, 1.807) is 0 Å². The van der Waals surface area contributed by atoms with Crippen LogP contribution in [0.3, 0.4) is 0 Å². The maximum absolute atomic E-state index is 5.14. The average Bonchev–Trinajstić information content (AvgIpc) is 3.21. The summed E-state index contributed by atoms with van der Waals surface area (Å²) in [5, 5.41) is 0. The zero-order chi connectivity index (χ0) is 40.9. The summed E-state index contributed by atoms with van der Waals surface area (Å²) >= 11 is 0. The van der Waals surface area contributed by atoms with Crippen molar-refractivity contribution < 1.29 is 0 Å². The Kier molecular flexibility index (Phi) is 32.5. The number of aliphatic imine (C=N–C) groups is 2. The highest BCUT2D eigenvalue weighted by Crippen LogP contribution is 2.24. The number of allylic oxidation sites excluding steroid dienone is 2. The van der Waals surface area contributed by atoms with E-state index >= 15 is 0 Å². The molecule has 0 fully saturated rings. The normalized spacial score (nSPS) is 12.2. The smallest absolute Gasteiger partial charge is 0.0816 e. The second-order valence-electron chi connectivity index (χ2n) is 17.4. The van der Waals surface area contributed by atoms with Gasteiger partial charge in [0.15, 0.2) is 0 Å². The van der Waals surface area contributed by atoms with Crippen molar-refractivity contribution in [2.24, 2.45) is 9.98 Å². The lowest BCUT2D eigenvalue weighted by molar-refractivity contribution is 0.516. The molecule has 0 aliphatic carbocycles. The zero-order valence-electron chi connectivity index (χ0n) is 38.6. The second-order valence-corrected chi connectivity index (χ2v) is 17.4. The van der Waals surface area contributed by atoms with Gasteiger partial charge in [-0.1, -0.05) is 233 Å². The van der Waals surface area contributed by atoms with E-state index in [0.717, 1.165) is 62.0 Å². The van der Waals surface area contributed by atoms with Crippen molar-refractivity contribution in [3.63, 3.8) is 0 Å². The molecule has 0 bridgehead atoms. The summed E-state index contributed by atoms with van der Waals surface area (Å²) < 4.78 is 0. The van der Waals surface area contributed by atoms with Crippen LogP contribution in [0.25, 0.3) is 0 Å². The Hall–Kier alpha value is -2.48. The summed E-state index contributed by atoms with van der Waals surface area (Å²) in [4.78, 5) is 10.1. The molecule has 0 radical (unpaired) electrons. The molecule has 0 N–H and O–H groups in total. The minimum Gasteiger partial charge on any atom is -0.255 e. The highest BCUT2D eigenvalue weighted by atomic mass is 14.8. The molecule has 0 heterocycles. The fraction of sp³-hybridized carbons (Fsp3) is 0.709. The quantitative estimate of drug-likeness (QED) is 0.0479. The van der Waals surface area contributed by atoms with Crippen molar-refractivity contribution in [1.29, 1.82) is 0 Å². The van der Waals surface area contributed by atoms with Gasteiger partial charge in [0, 0.05) is 0 Å². The maximum atomic E-state index is 5.14. The molecule has 0 spiro atoms. The van der Waals surface area contributed by atoms with Crippen molar-refractivity contribution in [3.8, 4) is 0 Å². The number of benzene rings is 2. The summed E-state index contributed by atoms with van der Waals surface area (Å²) in [6.45, 7) is 11.4. The zero-order valence-corrected chi connectivity index (χ0v) is 38.6. The van der Waals surface area contributed by atoms with Crippen LogP contribution in [0.15, 0.2) is 58.5 Å². The Labute approximate surface area is 355 Å². The third-order valence-corrected chi connectivity index (χ3v) is 11.8. The third kappa shape index (κ3) is 26.3. The number of unbranched alkanes of at least 4 members (excludes halogenated alkanes) is 25. The van der Waals surface area contributed by atoms with Crippen molar-refractivity contribution in [1.82, 2.24) is 0 Å². The standard InChI is InChI=1S/C55H92N2/c1-6-11-12-13-14-15-16-17-18-19-20-21-22-23-24-25-26-27-28-29-30-31-32-33-34-35-36-41-55(57-54-45-43-50(38-8-3)52(47-54)40-10-5)48-56-53-44-42-49(37-7-2)51(46-53)39-9-4/h36,41-48H,6-35,37-40H2,1-5H3. The van der Waals surface area contributed by atoms with Crippen LogP contribution in [0, 0.1) is 0 Å². The van der Waals surface area contributed by atoms with Crippen LogP contribution in [-0.4, -0.2) is 11.9 Å². The first-order chi connectivity index (χ1) is 28.1. The summed E-state index contributed by atoms with van der Waals surface area (Å²) in [6.07, 6.45) is 52.7. The lowest BCUT2D eigenvalue weighted by Crippen LogP contribution is -1.97. The van der Waals surface area contributed by atoms with Gasteiger partial charge < -0.3 is 0 Å². The third-order valence-electron chi connectivity index (χ3n) is 11.8. The van der Waals surface area contributed by atoms with Crippen molar-refractivity contribution in [2.75, 3.05) is 0 Å². The predicted molar refractivity (Wildman–Crippen MR) is 259 cm³/mol. The summed E-state index contributed by atoms with van der Waals surface area (Å²) in [7, 11) is 0. The Bertz CT molecular complexity index is 1320. The van der Waals surface area contributed by atoms with E-state index in [1.165, 1.54) is 196 Å². The maximum Gasteiger partial charge on any atom is 0.0816 e. The first-order valence-electron chi connectivity index (χ1n) is 25.2. The molecular formula is C55H92N2. The first kappa shape index (κ1) is 50.7. The molecule has 2 nitrogen and oxygen atoms in total. The highest BCUT2D eigenvalue weighted by Gasteiger charge is 2.06. The Balaban J connectivity index is 1.64. The van der Waals surface area contributed by atoms with Crippen LogP contribution in [0.4, 0.5) is 11.4 Å². The Morgan fingerprint density at radius 1 is 0.386 bits per heavy atom. The molecular weight excluding hydrogens is 689 g/mol. The van der Waals surface area contributed by atoms with Crippen LogP contribution in [0.1, 0.15) is 249 Å². The molecule has 322 valence electrons. The van der Waals surface area contributed by atoms with Gasteiger partial charge in [-0.25, -0.2) is 4.99 Å². The van der Waals surface area contributed by atoms with E-state index in [0.29, 0.717) is 0 Å². The molecule has 0 unspecified atom stereocenters. The van der Waals surface area contributed by atoms with E-state index < -0.39 is 0 Å². The Morgan fingerprint density at radius 3 is 1.14 bits per heavy atom. The lowest BCUT2D eigenvalue weighted by atomic mass is 9.99. The molecule has 0 saturated carbocycles. The van der Waals surface area contributed by atoms with Crippen LogP contribution in [0.2, 0.25) is 0 Å². The van der Waals surface area contributed by atoms with E-state index in [9.17, 15) is 0 Å². The number of aryl methyl sites for hydroxylation is 4. The van der Waals surface area contributed by atoms with Gasteiger partial charge in [-0.2, -0.15) is 0 Å². The molecule has 0 aliphatic heterocycles. The molecule has 0 aliphatic rings. The Morgan fingerprint density at radius 2 is 0.737 bits per heavy atom. The number of nitrogens with zero attached hydrogens (tertiary/aromatic N) is 2. The van der Waals surface area contributed by atoms with E-state index in [1.807, 2.05) is 6.21 Å². The predicted octanol–water partition coefficient (Wildman–Crippen LogP) is 18.7. The topological polar surface area (TPSA) is 24.7 Å². The molecule has 2 aromatic carbocycles. The molecule has 0 amide bonds. The number of rotatable bonds is 38. The van der Waals surface area contributed by atoms with Gasteiger partial charge in [-0.05, 0) is 91.1 Å². The van der Waals surface area contributed by atoms with E-state index in [-0.39, 0.29) is 0 Å². The van der Waals surface area contributed by atoms with Gasteiger partial charge in [0.05, 0.1) is 23.3 Å². The number of hydrogen-bond acceptors (Lipinski definition) is 2. The lowest BCUT2D eigenvalue weighted by Gasteiger charge is -2.09. The summed E-state index contributed by atoms with van der Waals surface area (Å²) in [5.74, 6) is 0. The molecule has 0 saturated heterocycles. The molecule has 0 aromatic heterocycles. The summed E-state index contributed by atoms with van der Waals surface area (Å²) in [5.41, 5.74) is 8.86. The molecule has 2 heteroatoms. The molecule has 0 atom stereocenters. The fourth-order valence-corrected chi connectivity index (χ4v) is 8.41. The molecule has 57 heavy (non-hydrogen) atoms. The van der Waals surface area contributed by atoms with Crippen molar-refractivity contribution in [2.45, 2.75) is 253 Å². The second kappa shape index (κ2) is 36.6. The minimum absolute atomic E-state index is 0.940. The average molecular weight is 781 g/mol. The minimum atomic E-state index is 0.940.